The molecule has 0 aliphatic carbocycles. The van der Waals surface area contributed by atoms with Gasteiger partial charge < -0.3 is 5.32 Å². The summed E-state index contributed by atoms with van der Waals surface area (Å²) in [5, 5.41) is 2.49. The highest BCUT2D eigenvalue weighted by Gasteiger charge is 2.29. The van der Waals surface area contributed by atoms with Gasteiger partial charge in [-0.25, -0.2) is 13.4 Å². The van der Waals surface area contributed by atoms with E-state index in [0.29, 0.717) is 0 Å². The van der Waals surface area contributed by atoms with E-state index in [1.54, 1.807) is 0 Å². The van der Waals surface area contributed by atoms with Crippen LogP contribution in [0.3, 0.4) is 0 Å². The third-order valence-electron chi connectivity index (χ3n) is 2.40. The lowest BCUT2D eigenvalue weighted by molar-refractivity contribution is 0.235. The summed E-state index contributed by atoms with van der Waals surface area (Å²) in [6.45, 7) is 0. The second-order valence-corrected chi connectivity index (χ2v) is 6.39. The molecule has 1 heterocycles. The summed E-state index contributed by atoms with van der Waals surface area (Å²) >= 11 is 11.4. The van der Waals surface area contributed by atoms with Gasteiger partial charge in [0.25, 0.3) is 0 Å². The van der Waals surface area contributed by atoms with Crippen LogP contribution in [0.2, 0.25) is 10.3 Å². The van der Waals surface area contributed by atoms with Gasteiger partial charge in [-0.1, -0.05) is 23.7 Å². The van der Waals surface area contributed by atoms with Gasteiger partial charge in [0.2, 0.25) is 15.1 Å². The topological polar surface area (TPSA) is 72.0 Å². The molecule has 2 aromatic rings. The molecular formula is C11H7Cl2F2N3O2S. The fourth-order valence-corrected chi connectivity index (χ4v) is 2.63. The van der Waals surface area contributed by atoms with Crippen molar-refractivity contribution in [3.05, 3.63) is 40.8 Å². The average Bonchev–Trinajstić information content (AvgIpc) is 2.43. The van der Waals surface area contributed by atoms with Gasteiger partial charge in [0, 0.05) is 0 Å². The molecule has 0 saturated carbocycles. The lowest BCUT2D eigenvalue weighted by Gasteiger charge is -2.12. The van der Waals surface area contributed by atoms with Crippen molar-refractivity contribution < 1.29 is 17.2 Å². The Labute approximate surface area is 128 Å². The van der Waals surface area contributed by atoms with E-state index in [1.165, 1.54) is 24.4 Å². The Morgan fingerprint density at radius 3 is 2.52 bits per heavy atom. The van der Waals surface area contributed by atoms with Gasteiger partial charge in [-0.3, -0.25) is 0 Å². The molecule has 5 nitrogen and oxygen atoms in total. The molecule has 0 spiro atoms. The van der Waals surface area contributed by atoms with E-state index in [4.69, 9.17) is 23.2 Å². The molecule has 21 heavy (non-hydrogen) atoms. The fourth-order valence-electron chi connectivity index (χ4n) is 1.47. The molecule has 0 unspecified atom stereocenters. The lowest BCUT2D eigenvalue weighted by Crippen LogP contribution is -2.13. The monoisotopic (exact) mass is 353 g/mol. The fraction of sp³-hybridized carbons (Fsp3) is 0.0909. The molecule has 0 radical (unpaired) electrons. The summed E-state index contributed by atoms with van der Waals surface area (Å²) < 4.78 is 48.6. The van der Waals surface area contributed by atoms with E-state index in [9.17, 15) is 17.2 Å². The van der Waals surface area contributed by atoms with Crippen molar-refractivity contribution in [2.24, 2.45) is 0 Å². The molecule has 0 atom stereocenters. The van der Waals surface area contributed by atoms with Crippen LogP contribution in [0.1, 0.15) is 0 Å². The first kappa shape index (κ1) is 15.9. The minimum Gasteiger partial charge on any atom is -0.338 e. The molecule has 0 fully saturated rings. The Hall–Kier alpha value is -1.51. The van der Waals surface area contributed by atoms with E-state index in [1.807, 2.05) is 0 Å². The van der Waals surface area contributed by atoms with Crippen molar-refractivity contribution in [2.75, 3.05) is 5.32 Å². The first-order chi connectivity index (χ1) is 9.82. The van der Waals surface area contributed by atoms with Crippen molar-refractivity contribution in [1.29, 1.82) is 0 Å². The van der Waals surface area contributed by atoms with E-state index >= 15 is 0 Å². The van der Waals surface area contributed by atoms with Gasteiger partial charge in [-0.15, -0.1) is 0 Å². The van der Waals surface area contributed by atoms with Crippen LogP contribution in [-0.4, -0.2) is 24.1 Å². The lowest BCUT2D eigenvalue weighted by atomic mass is 10.3. The zero-order chi connectivity index (χ0) is 15.6. The second-order valence-electron chi connectivity index (χ2n) is 3.76. The number of para-hydroxylation sites is 1. The highest BCUT2D eigenvalue weighted by atomic mass is 35.5. The van der Waals surface area contributed by atoms with Gasteiger partial charge >= 0.3 is 5.76 Å². The van der Waals surface area contributed by atoms with Gasteiger partial charge in [-0.2, -0.15) is 13.8 Å². The van der Waals surface area contributed by atoms with Crippen LogP contribution in [-0.2, 0) is 9.84 Å². The standard InChI is InChI=1S/C11H7Cl2F2N3O2S/c12-6-5-16-10(13)18-9(6)17-7-3-1-2-4-8(7)21(19,20)11(14)15/h1-5,11H,(H,16,17,18). The van der Waals surface area contributed by atoms with Crippen LogP contribution < -0.4 is 5.32 Å². The minimum atomic E-state index is -4.77. The van der Waals surface area contributed by atoms with E-state index < -0.39 is 20.5 Å². The zero-order valence-electron chi connectivity index (χ0n) is 10.1. The van der Waals surface area contributed by atoms with Crippen molar-refractivity contribution in [1.82, 2.24) is 9.97 Å². The predicted molar refractivity (Wildman–Crippen MR) is 75.0 cm³/mol. The molecule has 112 valence electrons. The average molecular weight is 354 g/mol. The molecule has 1 N–H and O–H groups in total. The Morgan fingerprint density at radius 2 is 1.86 bits per heavy atom. The number of aromatic nitrogens is 2. The number of halogens is 4. The van der Waals surface area contributed by atoms with E-state index in [2.05, 4.69) is 15.3 Å². The summed E-state index contributed by atoms with van der Waals surface area (Å²) in [5.74, 6) is -3.53. The number of benzene rings is 1. The van der Waals surface area contributed by atoms with Crippen LogP contribution in [0.5, 0.6) is 0 Å². The zero-order valence-corrected chi connectivity index (χ0v) is 12.4. The predicted octanol–water partition coefficient (Wildman–Crippen LogP) is 3.52. The smallest absolute Gasteiger partial charge is 0.338 e. The number of hydrogen-bond acceptors (Lipinski definition) is 5. The number of rotatable bonds is 4. The molecule has 0 amide bonds. The van der Waals surface area contributed by atoms with Crippen LogP contribution in [0.15, 0.2) is 35.4 Å². The third kappa shape index (κ3) is 3.39. The van der Waals surface area contributed by atoms with Gasteiger partial charge in [0.15, 0.2) is 5.82 Å². The first-order valence-electron chi connectivity index (χ1n) is 5.38. The molecular weight excluding hydrogens is 347 g/mol. The maximum absolute atomic E-state index is 12.7. The molecule has 0 saturated heterocycles. The Morgan fingerprint density at radius 1 is 1.19 bits per heavy atom. The van der Waals surface area contributed by atoms with E-state index in [-0.39, 0.29) is 21.8 Å². The number of anilines is 2. The van der Waals surface area contributed by atoms with Crippen LogP contribution >= 0.6 is 23.2 Å². The molecule has 0 aliphatic heterocycles. The largest absolute Gasteiger partial charge is 0.341 e. The molecule has 10 heteroatoms. The van der Waals surface area contributed by atoms with Gasteiger partial charge in [0.05, 0.1) is 16.8 Å². The maximum Gasteiger partial charge on any atom is 0.341 e. The quantitative estimate of drug-likeness (QED) is 0.851. The van der Waals surface area contributed by atoms with Gasteiger partial charge in [-0.05, 0) is 23.7 Å². The third-order valence-corrected chi connectivity index (χ3v) is 4.29. The van der Waals surface area contributed by atoms with Crippen molar-refractivity contribution in [3.63, 3.8) is 0 Å². The summed E-state index contributed by atoms with van der Waals surface area (Å²) in [6.07, 6.45) is 1.20. The Kier molecular flexibility index (Phi) is 4.60. The summed E-state index contributed by atoms with van der Waals surface area (Å²) in [7, 11) is -4.77. The van der Waals surface area contributed by atoms with Crippen LogP contribution in [0.4, 0.5) is 20.3 Å². The Balaban J connectivity index is 2.49. The Bertz CT molecular complexity index is 772. The SMILES string of the molecule is O=S(=O)(c1ccccc1Nc1nc(Cl)ncc1Cl)C(F)F. The second kappa shape index (κ2) is 6.08. The van der Waals surface area contributed by atoms with Crippen LogP contribution in [0, 0.1) is 0 Å². The highest BCUT2D eigenvalue weighted by Crippen LogP contribution is 2.30. The maximum atomic E-state index is 12.7. The molecule has 0 aliphatic rings. The molecule has 2 rings (SSSR count). The van der Waals surface area contributed by atoms with E-state index in [0.717, 1.165) is 6.07 Å². The van der Waals surface area contributed by atoms with Crippen LogP contribution in [0.25, 0.3) is 0 Å². The van der Waals surface area contributed by atoms with Gasteiger partial charge in [0.1, 0.15) is 5.02 Å². The first-order valence-corrected chi connectivity index (χ1v) is 7.68. The summed E-state index contributed by atoms with van der Waals surface area (Å²) in [5.41, 5.74) is -0.0885. The minimum absolute atomic E-state index is 0.00795. The van der Waals surface area contributed by atoms with Crippen molar-refractivity contribution in [3.8, 4) is 0 Å². The highest BCUT2D eigenvalue weighted by molar-refractivity contribution is 7.91. The molecule has 1 aromatic carbocycles. The molecule has 1 aromatic heterocycles. The number of alkyl halides is 2. The number of hydrogen-bond donors (Lipinski definition) is 1. The van der Waals surface area contributed by atoms with Crippen molar-refractivity contribution in [2.45, 2.75) is 10.7 Å². The van der Waals surface area contributed by atoms with Crippen molar-refractivity contribution >= 4 is 44.5 Å². The number of sulfone groups is 1. The molecule has 0 bridgehead atoms. The summed E-state index contributed by atoms with van der Waals surface area (Å²) in [6, 6.07) is 5.17. The number of nitrogens with one attached hydrogen (secondary N) is 1. The summed E-state index contributed by atoms with van der Waals surface area (Å²) in [4.78, 5) is 6.83. The normalized spacial score (nSPS) is 11.7. The number of nitrogens with zero attached hydrogens (tertiary/aromatic N) is 2.